The molecule has 0 spiro atoms. The van der Waals surface area contributed by atoms with E-state index in [9.17, 15) is 0 Å². The maximum Gasteiger partial charge on any atom is 0.0191 e. The van der Waals surface area contributed by atoms with E-state index in [1.165, 1.54) is 56.3 Å². The Morgan fingerprint density at radius 1 is 1.25 bits per heavy atom. The van der Waals surface area contributed by atoms with Gasteiger partial charge in [-0.25, -0.2) is 0 Å². The predicted octanol–water partition coefficient (Wildman–Crippen LogP) is 7.45. The molecule has 0 nitrogen and oxygen atoms in total. The molecule has 0 fully saturated rings. The van der Waals surface area contributed by atoms with E-state index >= 15 is 0 Å². The fraction of sp³-hybridized carbons (Fsp3) is 0.652. The lowest BCUT2D eigenvalue weighted by atomic mass is 9.88. The molecule has 0 saturated heterocycles. The normalized spacial score (nSPS) is 18.2. The van der Waals surface area contributed by atoms with Crippen molar-refractivity contribution in [3.05, 3.63) is 42.0 Å². The number of hydrogen-bond acceptors (Lipinski definition) is 1. The molecule has 2 atom stereocenters. The summed E-state index contributed by atoms with van der Waals surface area (Å²) in [5.41, 5.74) is 3.23. The molecule has 1 aliphatic rings. The highest BCUT2D eigenvalue weighted by Gasteiger charge is 2.30. The summed E-state index contributed by atoms with van der Waals surface area (Å²) in [5.74, 6) is 1.55. The fourth-order valence-electron chi connectivity index (χ4n) is 4.08. The second-order valence-corrected chi connectivity index (χ2v) is 10.1. The van der Waals surface area contributed by atoms with Gasteiger partial charge in [0.25, 0.3) is 0 Å². The molecule has 0 saturated carbocycles. The van der Waals surface area contributed by atoms with Crippen molar-refractivity contribution in [1.82, 2.24) is 0 Å². The van der Waals surface area contributed by atoms with Gasteiger partial charge in [-0.15, -0.1) is 18.3 Å². The molecule has 1 aromatic carbocycles. The van der Waals surface area contributed by atoms with Gasteiger partial charge in [-0.3, -0.25) is 0 Å². The summed E-state index contributed by atoms with van der Waals surface area (Å²) in [6.45, 7) is 13.5. The summed E-state index contributed by atoms with van der Waals surface area (Å²) >= 11 is 2.05. The Hall–Kier alpha value is -0.690. The highest BCUT2D eigenvalue weighted by Crippen LogP contribution is 2.46. The number of hydrogen-bond donors (Lipinski definition) is 0. The van der Waals surface area contributed by atoms with Gasteiger partial charge in [0.2, 0.25) is 0 Å². The Balaban J connectivity index is 1.79. The molecule has 1 aromatic rings. The molecule has 1 aliphatic heterocycles. The summed E-state index contributed by atoms with van der Waals surface area (Å²) in [5, 5.41) is 0. The summed E-state index contributed by atoms with van der Waals surface area (Å²) in [6, 6.07) is 6.91. The van der Waals surface area contributed by atoms with Crippen molar-refractivity contribution in [3.63, 3.8) is 0 Å². The van der Waals surface area contributed by atoms with Crippen LogP contribution in [0.1, 0.15) is 77.3 Å². The number of rotatable bonds is 10. The zero-order chi connectivity index (χ0) is 17.6. The van der Waals surface area contributed by atoms with Crippen molar-refractivity contribution < 1.29 is 0 Å². The van der Waals surface area contributed by atoms with Crippen LogP contribution in [0, 0.1) is 11.8 Å². The van der Waals surface area contributed by atoms with Crippen molar-refractivity contribution in [2.75, 3.05) is 0 Å². The van der Waals surface area contributed by atoms with Gasteiger partial charge in [0, 0.05) is 9.64 Å². The first-order valence-corrected chi connectivity index (χ1v) is 10.7. The van der Waals surface area contributed by atoms with Gasteiger partial charge in [-0.2, -0.15) is 0 Å². The fourth-order valence-corrected chi connectivity index (χ4v) is 5.37. The second-order valence-electron chi connectivity index (χ2n) is 8.30. The molecule has 0 aliphatic carbocycles. The predicted molar refractivity (Wildman–Crippen MR) is 110 cm³/mol. The van der Waals surface area contributed by atoms with Crippen molar-refractivity contribution in [2.45, 2.75) is 88.7 Å². The third-order valence-corrected chi connectivity index (χ3v) is 6.61. The third-order valence-electron chi connectivity index (χ3n) is 5.31. The number of allylic oxidation sites excluding steroid dienone is 1. The Labute approximate surface area is 154 Å². The van der Waals surface area contributed by atoms with Crippen LogP contribution in [0.3, 0.4) is 0 Å². The Kier molecular flexibility index (Phi) is 7.47. The highest BCUT2D eigenvalue weighted by atomic mass is 32.2. The smallest absolute Gasteiger partial charge is 0.0191 e. The Morgan fingerprint density at radius 3 is 2.75 bits per heavy atom. The summed E-state index contributed by atoms with van der Waals surface area (Å²) in [6.07, 6.45) is 12.6. The zero-order valence-corrected chi connectivity index (χ0v) is 17.1. The first-order valence-electron chi connectivity index (χ1n) is 9.87. The SMILES string of the molecule is C=CC(CCCCc1cccc2c1CC(C)(C)S2)CC(C)CCC. The van der Waals surface area contributed by atoms with E-state index < -0.39 is 0 Å². The van der Waals surface area contributed by atoms with E-state index in [2.05, 4.69) is 70.3 Å². The monoisotopic (exact) mass is 344 g/mol. The van der Waals surface area contributed by atoms with E-state index in [-0.39, 0.29) is 0 Å². The summed E-state index contributed by atoms with van der Waals surface area (Å²) in [4.78, 5) is 1.52. The van der Waals surface area contributed by atoms with E-state index in [1.54, 1.807) is 11.1 Å². The van der Waals surface area contributed by atoms with Crippen LogP contribution in [0.2, 0.25) is 0 Å². The highest BCUT2D eigenvalue weighted by molar-refractivity contribution is 8.01. The van der Waals surface area contributed by atoms with E-state index in [4.69, 9.17) is 0 Å². The van der Waals surface area contributed by atoms with Gasteiger partial charge in [0.1, 0.15) is 0 Å². The molecule has 0 bridgehead atoms. The number of thioether (sulfide) groups is 1. The average molecular weight is 345 g/mol. The molecular formula is C23H36S. The van der Waals surface area contributed by atoms with E-state index in [1.807, 2.05) is 0 Å². The molecule has 2 rings (SSSR count). The van der Waals surface area contributed by atoms with Crippen LogP contribution in [0.15, 0.2) is 35.7 Å². The first kappa shape index (κ1) is 19.6. The van der Waals surface area contributed by atoms with E-state index in [0.717, 1.165) is 5.92 Å². The maximum absolute atomic E-state index is 4.07. The van der Waals surface area contributed by atoms with Crippen molar-refractivity contribution in [1.29, 1.82) is 0 Å². The molecule has 2 unspecified atom stereocenters. The zero-order valence-electron chi connectivity index (χ0n) is 16.2. The number of unbranched alkanes of at least 4 members (excludes halogenated alkanes) is 1. The van der Waals surface area contributed by atoms with Crippen LogP contribution in [0.4, 0.5) is 0 Å². The largest absolute Gasteiger partial charge is 0.119 e. The maximum atomic E-state index is 4.07. The summed E-state index contributed by atoms with van der Waals surface area (Å²) < 4.78 is 0.377. The molecule has 0 radical (unpaired) electrons. The van der Waals surface area contributed by atoms with E-state index in [0.29, 0.717) is 10.7 Å². The number of benzene rings is 1. The molecule has 0 aromatic heterocycles. The van der Waals surface area contributed by atoms with Gasteiger partial charge in [0.05, 0.1) is 0 Å². The van der Waals surface area contributed by atoms with Crippen molar-refractivity contribution >= 4 is 11.8 Å². The third kappa shape index (κ3) is 5.69. The van der Waals surface area contributed by atoms with Crippen molar-refractivity contribution in [3.8, 4) is 0 Å². The molecule has 24 heavy (non-hydrogen) atoms. The molecule has 0 N–H and O–H groups in total. The lowest BCUT2D eigenvalue weighted by Crippen LogP contribution is -2.12. The van der Waals surface area contributed by atoms with Crippen LogP contribution in [-0.2, 0) is 12.8 Å². The van der Waals surface area contributed by atoms with Crippen LogP contribution in [0.25, 0.3) is 0 Å². The lowest BCUT2D eigenvalue weighted by Gasteiger charge is -2.17. The van der Waals surface area contributed by atoms with Crippen LogP contribution in [-0.4, -0.2) is 4.75 Å². The van der Waals surface area contributed by atoms with Gasteiger partial charge in [-0.05, 0) is 61.1 Å². The minimum absolute atomic E-state index is 0.377. The summed E-state index contributed by atoms with van der Waals surface area (Å²) in [7, 11) is 0. The minimum Gasteiger partial charge on any atom is -0.119 e. The number of aryl methyl sites for hydroxylation is 1. The van der Waals surface area contributed by atoms with Crippen LogP contribution in [0.5, 0.6) is 0 Å². The van der Waals surface area contributed by atoms with Gasteiger partial charge in [0.15, 0.2) is 0 Å². The van der Waals surface area contributed by atoms with Gasteiger partial charge >= 0.3 is 0 Å². The molecule has 0 amide bonds. The minimum atomic E-state index is 0.377. The molecule has 134 valence electrons. The topological polar surface area (TPSA) is 0 Å². The Bertz CT molecular complexity index is 529. The number of fused-ring (bicyclic) bond motifs is 1. The van der Waals surface area contributed by atoms with Gasteiger partial charge in [-0.1, -0.05) is 65.2 Å². The first-order chi connectivity index (χ1) is 11.4. The average Bonchev–Trinajstić information content (AvgIpc) is 2.85. The van der Waals surface area contributed by atoms with Crippen LogP contribution < -0.4 is 0 Å². The van der Waals surface area contributed by atoms with Crippen molar-refractivity contribution in [2.24, 2.45) is 11.8 Å². The molecular weight excluding hydrogens is 308 g/mol. The van der Waals surface area contributed by atoms with Crippen LogP contribution >= 0.6 is 11.8 Å². The molecule has 1 heteroatoms. The van der Waals surface area contributed by atoms with Gasteiger partial charge < -0.3 is 0 Å². The Morgan fingerprint density at radius 2 is 2.04 bits per heavy atom. The molecule has 1 heterocycles. The second kappa shape index (κ2) is 9.13. The quantitative estimate of drug-likeness (QED) is 0.313. The lowest BCUT2D eigenvalue weighted by molar-refractivity contribution is 0.393. The standard InChI is InChI=1S/C23H36S/c1-6-11-18(3)16-19(7-2)12-8-9-13-20-14-10-15-22-21(20)17-23(4,5)24-22/h7,10,14-15,18-19H,2,6,8-9,11-13,16-17H2,1,3-5H3.